The van der Waals surface area contributed by atoms with Crippen molar-refractivity contribution in [1.82, 2.24) is 23.7 Å². The molecule has 14 nitrogen and oxygen atoms in total. The number of aromatic nitrogens is 5. The second-order valence-corrected chi connectivity index (χ2v) is 10.9. The van der Waals surface area contributed by atoms with Gasteiger partial charge in [-0.25, -0.2) is 19.2 Å². The Hall–Kier alpha value is -3.93. The Morgan fingerprint density at radius 3 is 2.55 bits per heavy atom. The SMILES string of the molecule is C[C@H]1CCCN1c1ccc(-c2csc(NC(=O)Cn3cnc4c3c(=O)n(C)c(=O)n4C)n2)cc1F.O=S(=O)(O)O. The van der Waals surface area contributed by atoms with Gasteiger partial charge in [-0.3, -0.25) is 27.8 Å². The number of hydrogen-bond donors (Lipinski definition) is 3. The Balaban J connectivity index is 0.000000681. The van der Waals surface area contributed by atoms with Gasteiger partial charge in [-0.15, -0.1) is 11.3 Å². The van der Waals surface area contributed by atoms with Crippen LogP contribution >= 0.6 is 11.3 Å². The third-order valence-corrected chi connectivity index (χ3v) is 7.15. The van der Waals surface area contributed by atoms with Crippen LogP contribution in [0.2, 0.25) is 0 Å². The molecule has 1 saturated heterocycles. The summed E-state index contributed by atoms with van der Waals surface area (Å²) in [5, 5.41) is 4.82. The Bertz CT molecular complexity index is 1800. The minimum absolute atomic E-state index is 0.160. The van der Waals surface area contributed by atoms with Crippen molar-refractivity contribution in [3.05, 3.63) is 56.6 Å². The first kappa shape index (κ1) is 29.1. The lowest BCUT2D eigenvalue weighted by Gasteiger charge is -2.24. The van der Waals surface area contributed by atoms with Crippen LogP contribution in [0.25, 0.3) is 22.4 Å². The third kappa shape index (κ3) is 6.27. The van der Waals surface area contributed by atoms with Crippen LogP contribution in [0.3, 0.4) is 0 Å². The van der Waals surface area contributed by atoms with Crippen molar-refractivity contribution < 1.29 is 26.7 Å². The summed E-state index contributed by atoms with van der Waals surface area (Å²) in [6.45, 7) is 2.76. The molecule has 0 aliphatic carbocycles. The number of hydrogen-bond acceptors (Lipinski definition) is 9. The molecule has 1 atom stereocenters. The number of imidazole rings is 1. The maximum absolute atomic E-state index is 14.8. The lowest BCUT2D eigenvalue weighted by molar-refractivity contribution is -0.116. The number of anilines is 2. The van der Waals surface area contributed by atoms with Gasteiger partial charge in [-0.05, 0) is 31.9 Å². The molecule has 3 N–H and O–H groups in total. The largest absolute Gasteiger partial charge is 0.394 e. The topological polar surface area (TPSA) is 182 Å². The molecule has 1 aliphatic heterocycles. The molecule has 0 radical (unpaired) electrons. The molecule has 5 rings (SSSR count). The number of benzene rings is 1. The van der Waals surface area contributed by atoms with Crippen molar-refractivity contribution in [3.63, 3.8) is 0 Å². The average Bonchev–Trinajstić information content (AvgIpc) is 3.61. The molecule has 17 heteroatoms. The van der Waals surface area contributed by atoms with Crippen LogP contribution in [-0.2, 0) is 35.8 Å². The van der Waals surface area contributed by atoms with Crippen molar-refractivity contribution in [1.29, 1.82) is 0 Å². The van der Waals surface area contributed by atoms with Gasteiger partial charge in [0.2, 0.25) is 5.91 Å². The van der Waals surface area contributed by atoms with Crippen molar-refractivity contribution in [2.75, 3.05) is 16.8 Å². The Labute approximate surface area is 230 Å². The van der Waals surface area contributed by atoms with E-state index in [2.05, 4.69) is 27.1 Å². The Kier molecular flexibility index (Phi) is 8.20. The molecule has 1 aliphatic rings. The van der Waals surface area contributed by atoms with Gasteiger partial charge in [0.05, 0.1) is 17.7 Å². The zero-order chi connectivity index (χ0) is 29.4. The number of halogens is 1. The molecule has 40 heavy (non-hydrogen) atoms. The fraction of sp³-hybridized carbons (Fsp3) is 0.348. The second-order valence-electron chi connectivity index (χ2n) is 9.14. The number of fused-ring (bicyclic) bond motifs is 1. The summed E-state index contributed by atoms with van der Waals surface area (Å²) in [5.41, 5.74) is 1.12. The maximum Gasteiger partial charge on any atom is 0.394 e. The molecule has 1 amide bonds. The summed E-state index contributed by atoms with van der Waals surface area (Å²) in [5.74, 6) is -0.705. The molecule has 4 heterocycles. The van der Waals surface area contributed by atoms with E-state index in [0.29, 0.717) is 28.1 Å². The number of aryl methyl sites for hydroxylation is 1. The molecule has 0 saturated carbocycles. The van der Waals surface area contributed by atoms with Crippen molar-refractivity contribution in [3.8, 4) is 11.3 Å². The number of carbonyl (C=O) groups is 1. The van der Waals surface area contributed by atoms with Gasteiger partial charge < -0.3 is 14.8 Å². The molecule has 0 bridgehead atoms. The molecular weight excluding hydrogens is 569 g/mol. The number of amides is 1. The first-order valence-corrected chi connectivity index (χ1v) is 14.1. The molecule has 0 unspecified atom stereocenters. The van der Waals surface area contributed by atoms with E-state index in [4.69, 9.17) is 17.5 Å². The smallest absolute Gasteiger partial charge is 0.366 e. The van der Waals surface area contributed by atoms with Crippen LogP contribution in [0.1, 0.15) is 19.8 Å². The minimum atomic E-state index is -4.67. The van der Waals surface area contributed by atoms with Crippen molar-refractivity contribution in [2.24, 2.45) is 14.1 Å². The third-order valence-electron chi connectivity index (χ3n) is 6.39. The monoisotopic (exact) mass is 595 g/mol. The van der Waals surface area contributed by atoms with E-state index < -0.39 is 27.6 Å². The molecule has 3 aromatic heterocycles. The van der Waals surface area contributed by atoms with Gasteiger partial charge in [0.15, 0.2) is 16.3 Å². The molecular formula is C23H26FN7O7S2. The van der Waals surface area contributed by atoms with Crippen LogP contribution in [0.5, 0.6) is 0 Å². The summed E-state index contributed by atoms with van der Waals surface area (Å²) in [4.78, 5) is 47.9. The molecule has 1 fully saturated rings. The van der Waals surface area contributed by atoms with E-state index in [9.17, 15) is 18.8 Å². The first-order valence-electron chi connectivity index (χ1n) is 11.9. The van der Waals surface area contributed by atoms with E-state index in [-0.39, 0.29) is 23.5 Å². The van der Waals surface area contributed by atoms with E-state index in [1.165, 1.54) is 47.0 Å². The number of nitrogens with one attached hydrogen (secondary N) is 1. The number of thiazole rings is 1. The van der Waals surface area contributed by atoms with E-state index in [0.717, 1.165) is 24.0 Å². The second kappa shape index (κ2) is 11.3. The fourth-order valence-electron chi connectivity index (χ4n) is 4.48. The highest BCUT2D eigenvalue weighted by Crippen LogP contribution is 2.32. The van der Waals surface area contributed by atoms with Crippen LogP contribution in [0.4, 0.5) is 15.2 Å². The lowest BCUT2D eigenvalue weighted by Crippen LogP contribution is -2.37. The van der Waals surface area contributed by atoms with Gasteiger partial charge in [0.25, 0.3) is 5.56 Å². The summed E-state index contributed by atoms with van der Waals surface area (Å²) in [6, 6.07) is 5.40. The maximum atomic E-state index is 14.8. The van der Waals surface area contributed by atoms with Gasteiger partial charge in [0.1, 0.15) is 12.4 Å². The standard InChI is InChI=1S/C23H24FN7O3S.H2O4S/c1-13-5-4-8-31(13)17-7-6-14(9-15(17)24)16-11-35-22(26-16)27-18(32)10-30-12-25-20-19(30)21(33)29(3)23(34)28(20)2;1-5(2,3)4/h6-7,9,11-13H,4-5,8,10H2,1-3H3,(H,26,27,32);(H2,1,2,3,4)/t13-;/m0./s1. The Morgan fingerprint density at radius 2 is 1.93 bits per heavy atom. The predicted molar refractivity (Wildman–Crippen MR) is 147 cm³/mol. The quantitative estimate of drug-likeness (QED) is 0.287. The summed E-state index contributed by atoms with van der Waals surface area (Å²) in [7, 11) is -1.78. The zero-order valence-electron chi connectivity index (χ0n) is 21.6. The molecule has 214 valence electrons. The Morgan fingerprint density at radius 1 is 1.23 bits per heavy atom. The number of rotatable bonds is 5. The van der Waals surface area contributed by atoms with Crippen LogP contribution < -0.4 is 21.5 Å². The summed E-state index contributed by atoms with van der Waals surface area (Å²) in [6.07, 6.45) is 3.46. The highest BCUT2D eigenvalue weighted by molar-refractivity contribution is 7.79. The normalized spacial score (nSPS) is 15.2. The summed E-state index contributed by atoms with van der Waals surface area (Å²) < 4.78 is 50.0. The van der Waals surface area contributed by atoms with Crippen LogP contribution in [0, 0.1) is 5.82 Å². The predicted octanol–water partition coefficient (Wildman–Crippen LogP) is 1.67. The highest BCUT2D eigenvalue weighted by Gasteiger charge is 2.23. The fourth-order valence-corrected chi connectivity index (χ4v) is 5.22. The minimum Gasteiger partial charge on any atom is -0.366 e. The first-order chi connectivity index (χ1) is 18.7. The van der Waals surface area contributed by atoms with E-state index in [1.807, 2.05) is 6.07 Å². The lowest BCUT2D eigenvalue weighted by atomic mass is 10.1. The van der Waals surface area contributed by atoms with Gasteiger partial charge in [-0.2, -0.15) is 8.42 Å². The number of carbonyl (C=O) groups excluding carboxylic acids is 1. The highest BCUT2D eigenvalue weighted by atomic mass is 32.3. The average molecular weight is 596 g/mol. The van der Waals surface area contributed by atoms with E-state index in [1.54, 1.807) is 11.4 Å². The van der Waals surface area contributed by atoms with Crippen LogP contribution in [0.15, 0.2) is 39.5 Å². The van der Waals surface area contributed by atoms with Gasteiger partial charge in [0, 0.05) is 37.6 Å². The number of nitrogens with zero attached hydrogens (tertiary/aromatic N) is 6. The van der Waals surface area contributed by atoms with Gasteiger partial charge >= 0.3 is 16.1 Å². The molecule has 0 spiro atoms. The van der Waals surface area contributed by atoms with Crippen molar-refractivity contribution in [2.45, 2.75) is 32.4 Å². The van der Waals surface area contributed by atoms with E-state index >= 15 is 0 Å². The molecule has 4 aromatic rings. The van der Waals surface area contributed by atoms with Crippen LogP contribution in [-0.4, -0.2) is 59.7 Å². The summed E-state index contributed by atoms with van der Waals surface area (Å²) >= 11 is 1.22. The molecule has 1 aromatic carbocycles. The van der Waals surface area contributed by atoms with Gasteiger partial charge in [-0.1, -0.05) is 6.07 Å². The zero-order valence-corrected chi connectivity index (χ0v) is 23.2. The van der Waals surface area contributed by atoms with Crippen molar-refractivity contribution >= 4 is 49.6 Å².